The van der Waals surface area contributed by atoms with Gasteiger partial charge in [-0.05, 0) is 26.2 Å². The van der Waals surface area contributed by atoms with Crippen LogP contribution in [0.5, 0.6) is 0 Å². The van der Waals surface area contributed by atoms with Gasteiger partial charge < -0.3 is 0 Å². The Balaban J connectivity index is 3.01. The lowest BCUT2D eigenvalue weighted by molar-refractivity contribution is -0.147. The van der Waals surface area contributed by atoms with E-state index in [4.69, 9.17) is 11.6 Å². The number of alkyl halides is 1. The first-order valence-electron chi connectivity index (χ1n) is 6.49. The highest BCUT2D eigenvalue weighted by atomic mass is 35.5. The van der Waals surface area contributed by atoms with Gasteiger partial charge >= 0.3 is 0 Å². The predicted octanol–water partition coefficient (Wildman–Crippen LogP) is 3.10. The minimum Gasteiger partial charge on any atom is -0.275 e. The first kappa shape index (κ1) is 14.5. The number of imide groups is 1. The number of carbonyl (C=O) groups excluding carboxylic acids is 2. The number of hydrogen-bond acceptors (Lipinski definition) is 2. The van der Waals surface area contributed by atoms with E-state index in [0.717, 1.165) is 32.1 Å². The van der Waals surface area contributed by atoms with Gasteiger partial charge in [0, 0.05) is 6.42 Å². The van der Waals surface area contributed by atoms with Gasteiger partial charge in [0.25, 0.3) is 0 Å². The highest BCUT2D eigenvalue weighted by Crippen LogP contribution is 2.39. The zero-order chi connectivity index (χ0) is 13.1. The minimum atomic E-state index is -0.620. The first-order valence-corrected chi connectivity index (χ1v) is 6.93. The summed E-state index contributed by atoms with van der Waals surface area (Å²) < 4.78 is 0. The Morgan fingerprint density at radius 1 is 1.41 bits per heavy atom. The Bertz CT molecular complexity index is 296. The van der Waals surface area contributed by atoms with Gasteiger partial charge in [-0.3, -0.25) is 14.5 Å². The van der Waals surface area contributed by atoms with Crippen molar-refractivity contribution in [1.82, 2.24) is 4.90 Å². The van der Waals surface area contributed by atoms with E-state index in [1.54, 1.807) is 6.92 Å². The minimum absolute atomic E-state index is 0.0515. The van der Waals surface area contributed by atoms with Gasteiger partial charge in [-0.15, -0.1) is 11.6 Å². The standard InChI is InChI=1S/C13H22ClNO2/c1-4-7-13(8-5-2)9-6-11(16)15(13)12(17)10(3)14/h10H,4-9H2,1-3H3. The predicted molar refractivity (Wildman–Crippen MR) is 68.9 cm³/mol. The summed E-state index contributed by atoms with van der Waals surface area (Å²) in [5.74, 6) is -0.277. The molecule has 0 spiro atoms. The molecule has 1 fully saturated rings. The molecule has 0 aromatic carbocycles. The van der Waals surface area contributed by atoms with Gasteiger partial charge in [0.2, 0.25) is 11.8 Å². The average molecular weight is 260 g/mol. The molecule has 1 heterocycles. The Hall–Kier alpha value is -0.570. The molecule has 1 rings (SSSR count). The summed E-state index contributed by atoms with van der Waals surface area (Å²) >= 11 is 5.86. The summed E-state index contributed by atoms with van der Waals surface area (Å²) in [4.78, 5) is 25.5. The van der Waals surface area contributed by atoms with Gasteiger partial charge in [0.05, 0.1) is 5.54 Å². The number of halogens is 1. The number of nitrogens with zero attached hydrogens (tertiary/aromatic N) is 1. The second-order valence-electron chi connectivity index (χ2n) is 4.91. The maximum Gasteiger partial charge on any atom is 0.247 e. The molecule has 0 radical (unpaired) electrons. The fourth-order valence-corrected chi connectivity index (χ4v) is 2.99. The molecule has 0 aromatic heterocycles. The SMILES string of the molecule is CCCC1(CCC)CCC(=O)N1C(=O)C(C)Cl. The van der Waals surface area contributed by atoms with Crippen LogP contribution >= 0.6 is 11.6 Å². The summed E-state index contributed by atoms with van der Waals surface area (Å²) in [6.07, 6.45) is 5.02. The van der Waals surface area contributed by atoms with E-state index in [0.29, 0.717) is 6.42 Å². The van der Waals surface area contributed by atoms with Crippen molar-refractivity contribution in [3.8, 4) is 0 Å². The van der Waals surface area contributed by atoms with E-state index >= 15 is 0 Å². The van der Waals surface area contributed by atoms with E-state index in [2.05, 4.69) is 13.8 Å². The molecule has 0 aliphatic carbocycles. The topological polar surface area (TPSA) is 37.4 Å². The van der Waals surface area contributed by atoms with Crippen molar-refractivity contribution in [2.75, 3.05) is 0 Å². The molecule has 3 nitrogen and oxygen atoms in total. The van der Waals surface area contributed by atoms with Crippen LogP contribution in [-0.4, -0.2) is 27.6 Å². The van der Waals surface area contributed by atoms with Crippen LogP contribution in [0.3, 0.4) is 0 Å². The Morgan fingerprint density at radius 3 is 2.35 bits per heavy atom. The fraction of sp³-hybridized carbons (Fsp3) is 0.846. The maximum absolute atomic E-state index is 12.1. The third-order valence-electron chi connectivity index (χ3n) is 3.52. The van der Waals surface area contributed by atoms with Crippen LogP contribution in [0.25, 0.3) is 0 Å². The van der Waals surface area contributed by atoms with E-state index in [9.17, 15) is 9.59 Å². The lowest BCUT2D eigenvalue weighted by Gasteiger charge is -2.37. The number of amides is 2. The Kier molecular flexibility index (Phi) is 4.99. The third kappa shape index (κ3) is 2.82. The molecule has 2 amide bonds. The van der Waals surface area contributed by atoms with Crippen molar-refractivity contribution in [2.24, 2.45) is 0 Å². The lowest BCUT2D eigenvalue weighted by atomic mass is 9.86. The van der Waals surface area contributed by atoms with Gasteiger partial charge in [-0.2, -0.15) is 0 Å². The molecule has 0 aromatic rings. The smallest absolute Gasteiger partial charge is 0.247 e. The molecule has 1 atom stereocenters. The van der Waals surface area contributed by atoms with Crippen molar-refractivity contribution >= 4 is 23.4 Å². The van der Waals surface area contributed by atoms with Crippen LogP contribution in [0.2, 0.25) is 0 Å². The zero-order valence-corrected chi connectivity index (χ0v) is 11.7. The number of hydrogen-bond donors (Lipinski definition) is 0. The maximum atomic E-state index is 12.1. The molecule has 98 valence electrons. The summed E-state index contributed by atoms with van der Waals surface area (Å²) in [6, 6.07) is 0. The van der Waals surface area contributed by atoms with Crippen molar-refractivity contribution in [2.45, 2.75) is 70.2 Å². The number of carbonyl (C=O) groups is 2. The largest absolute Gasteiger partial charge is 0.275 e. The van der Waals surface area contributed by atoms with Crippen molar-refractivity contribution in [3.63, 3.8) is 0 Å². The average Bonchev–Trinajstić information content (AvgIpc) is 2.56. The van der Waals surface area contributed by atoms with Gasteiger partial charge in [-0.1, -0.05) is 26.7 Å². The van der Waals surface area contributed by atoms with E-state index in [-0.39, 0.29) is 17.4 Å². The molecule has 0 N–H and O–H groups in total. The van der Waals surface area contributed by atoms with Crippen LogP contribution in [0.15, 0.2) is 0 Å². The molecular weight excluding hydrogens is 238 g/mol. The highest BCUT2D eigenvalue weighted by molar-refractivity contribution is 6.31. The molecule has 17 heavy (non-hydrogen) atoms. The number of rotatable bonds is 5. The fourth-order valence-electron chi connectivity index (χ4n) is 2.89. The zero-order valence-electron chi connectivity index (χ0n) is 11.0. The summed E-state index contributed by atoms with van der Waals surface area (Å²) in [5, 5.41) is -0.620. The summed E-state index contributed by atoms with van der Waals surface area (Å²) in [6.45, 7) is 5.82. The van der Waals surface area contributed by atoms with Crippen molar-refractivity contribution in [3.05, 3.63) is 0 Å². The van der Waals surface area contributed by atoms with Crippen molar-refractivity contribution < 1.29 is 9.59 Å². The highest BCUT2D eigenvalue weighted by Gasteiger charge is 2.47. The monoisotopic (exact) mass is 259 g/mol. The summed E-state index contributed by atoms with van der Waals surface area (Å²) in [5.41, 5.74) is -0.263. The quantitative estimate of drug-likeness (QED) is 0.712. The molecule has 4 heteroatoms. The van der Waals surface area contributed by atoms with E-state index in [1.807, 2.05) is 0 Å². The second kappa shape index (κ2) is 5.85. The van der Waals surface area contributed by atoms with Gasteiger partial charge in [0.15, 0.2) is 0 Å². The third-order valence-corrected chi connectivity index (χ3v) is 3.71. The first-order chi connectivity index (χ1) is 7.98. The Labute approximate surface area is 108 Å². The van der Waals surface area contributed by atoms with E-state index in [1.165, 1.54) is 4.90 Å². The molecule has 1 saturated heterocycles. The Morgan fingerprint density at radius 2 is 1.94 bits per heavy atom. The normalized spacial score (nSPS) is 20.7. The molecule has 0 saturated carbocycles. The lowest BCUT2D eigenvalue weighted by Crippen LogP contribution is -2.51. The van der Waals surface area contributed by atoms with E-state index < -0.39 is 5.38 Å². The van der Waals surface area contributed by atoms with Crippen LogP contribution in [-0.2, 0) is 9.59 Å². The van der Waals surface area contributed by atoms with Gasteiger partial charge in [-0.25, -0.2) is 0 Å². The molecule has 1 aliphatic rings. The molecule has 1 unspecified atom stereocenters. The second-order valence-corrected chi connectivity index (χ2v) is 5.56. The molecular formula is C13H22ClNO2. The number of likely N-dealkylation sites (tertiary alicyclic amines) is 1. The van der Waals surface area contributed by atoms with Crippen molar-refractivity contribution in [1.29, 1.82) is 0 Å². The van der Waals surface area contributed by atoms with Crippen LogP contribution in [0.4, 0.5) is 0 Å². The summed E-state index contributed by atoms with van der Waals surface area (Å²) in [7, 11) is 0. The van der Waals surface area contributed by atoms with Crippen LogP contribution in [0, 0.1) is 0 Å². The molecule has 0 bridgehead atoms. The van der Waals surface area contributed by atoms with Crippen LogP contribution < -0.4 is 0 Å². The van der Waals surface area contributed by atoms with Crippen LogP contribution in [0.1, 0.15) is 59.3 Å². The van der Waals surface area contributed by atoms with Gasteiger partial charge in [0.1, 0.15) is 5.38 Å². The molecule has 1 aliphatic heterocycles.